The summed E-state index contributed by atoms with van der Waals surface area (Å²) in [6.45, 7) is 2.20. The maximum atomic E-state index is 4.80. The van der Waals surface area contributed by atoms with Gasteiger partial charge in [0.05, 0.1) is 5.52 Å². The maximum absolute atomic E-state index is 4.80. The summed E-state index contributed by atoms with van der Waals surface area (Å²) in [5, 5.41) is 3.89. The quantitative estimate of drug-likeness (QED) is 0.488. The van der Waals surface area contributed by atoms with Gasteiger partial charge in [-0.25, -0.2) is 0 Å². The Bertz CT molecular complexity index is 985. The Hall–Kier alpha value is -2.67. The second-order valence-corrected chi connectivity index (χ2v) is 6.08. The molecule has 0 unspecified atom stereocenters. The van der Waals surface area contributed by atoms with Crippen molar-refractivity contribution in [2.24, 2.45) is 0 Å². The highest BCUT2D eigenvalue weighted by Crippen LogP contribution is 2.24. The second kappa shape index (κ2) is 5.85. The zero-order chi connectivity index (χ0) is 15.6. The minimum atomic E-state index is 0.972. The number of nitrogens with zero attached hydrogens (tertiary/aromatic N) is 1. The molecule has 0 aliphatic carbocycles. The van der Waals surface area contributed by atoms with Crippen molar-refractivity contribution in [2.45, 2.75) is 19.8 Å². The minimum absolute atomic E-state index is 0.972. The average Bonchev–Trinajstić information content (AvgIpc) is 2.61. The van der Waals surface area contributed by atoms with Crippen LogP contribution in [-0.2, 0) is 12.8 Å². The lowest BCUT2D eigenvalue weighted by Crippen LogP contribution is -1.98. The van der Waals surface area contributed by atoms with Crippen molar-refractivity contribution in [2.75, 3.05) is 0 Å². The van der Waals surface area contributed by atoms with Crippen molar-refractivity contribution in [1.29, 1.82) is 0 Å². The topological polar surface area (TPSA) is 12.9 Å². The van der Waals surface area contributed by atoms with Crippen LogP contribution in [0.25, 0.3) is 21.7 Å². The predicted octanol–water partition coefficient (Wildman–Crippen LogP) is 5.48. The van der Waals surface area contributed by atoms with Gasteiger partial charge >= 0.3 is 0 Å². The van der Waals surface area contributed by atoms with Gasteiger partial charge in [-0.3, -0.25) is 4.98 Å². The molecule has 0 amide bonds. The van der Waals surface area contributed by atoms with E-state index in [1.165, 1.54) is 27.3 Å². The molecule has 4 aromatic rings. The van der Waals surface area contributed by atoms with Crippen molar-refractivity contribution in [3.63, 3.8) is 0 Å². The molecule has 0 saturated heterocycles. The molecule has 0 atom stereocenters. The molecular weight excluding hydrogens is 278 g/mol. The zero-order valence-electron chi connectivity index (χ0n) is 13.3. The van der Waals surface area contributed by atoms with E-state index in [2.05, 4.69) is 73.7 Å². The number of hydrogen-bond acceptors (Lipinski definition) is 1. The fourth-order valence-corrected chi connectivity index (χ4v) is 3.28. The third-order valence-corrected chi connectivity index (χ3v) is 4.56. The molecular formula is C22H19N. The van der Waals surface area contributed by atoms with Crippen LogP contribution in [0.2, 0.25) is 0 Å². The number of hydrogen-bond donors (Lipinski definition) is 0. The first-order chi connectivity index (χ1) is 11.3. The molecule has 1 nitrogen and oxygen atoms in total. The van der Waals surface area contributed by atoms with E-state index in [9.17, 15) is 0 Å². The number of aromatic nitrogens is 1. The molecule has 23 heavy (non-hydrogen) atoms. The number of benzene rings is 3. The van der Waals surface area contributed by atoms with Crippen molar-refractivity contribution >= 4 is 21.7 Å². The molecule has 0 bridgehead atoms. The number of para-hydroxylation sites is 1. The monoisotopic (exact) mass is 297 g/mol. The molecule has 0 saturated carbocycles. The molecule has 0 N–H and O–H groups in total. The third kappa shape index (κ3) is 2.70. The van der Waals surface area contributed by atoms with Gasteiger partial charge < -0.3 is 0 Å². The largest absolute Gasteiger partial charge is 0.253 e. The summed E-state index contributed by atoms with van der Waals surface area (Å²) in [6.07, 6.45) is 2.00. The van der Waals surface area contributed by atoms with Gasteiger partial charge in [-0.15, -0.1) is 0 Å². The molecule has 4 rings (SSSR count). The number of pyridine rings is 1. The summed E-state index contributed by atoms with van der Waals surface area (Å²) in [6, 6.07) is 25.7. The molecule has 1 heterocycles. The van der Waals surface area contributed by atoms with Gasteiger partial charge in [-0.2, -0.15) is 0 Å². The van der Waals surface area contributed by atoms with Crippen LogP contribution in [0.1, 0.15) is 16.8 Å². The van der Waals surface area contributed by atoms with Crippen molar-refractivity contribution in [3.8, 4) is 0 Å². The van der Waals surface area contributed by atoms with E-state index in [0.717, 1.165) is 24.1 Å². The van der Waals surface area contributed by atoms with Gasteiger partial charge in [0.25, 0.3) is 0 Å². The fourth-order valence-electron chi connectivity index (χ4n) is 3.28. The van der Waals surface area contributed by atoms with Gasteiger partial charge in [0, 0.05) is 11.1 Å². The first kappa shape index (κ1) is 14.0. The number of fused-ring (bicyclic) bond motifs is 2. The summed E-state index contributed by atoms with van der Waals surface area (Å²) in [5.74, 6) is 0. The highest BCUT2D eigenvalue weighted by Gasteiger charge is 2.06. The standard InChI is InChI=1S/C22H19N/c1-16-10-11-17-6-2-4-8-21(17)20(16)15-14-19-13-12-18-7-3-5-9-22(18)23-19/h2-13H,14-15H2,1H3. The molecule has 0 radical (unpaired) electrons. The zero-order valence-corrected chi connectivity index (χ0v) is 13.3. The van der Waals surface area contributed by atoms with E-state index in [-0.39, 0.29) is 0 Å². The van der Waals surface area contributed by atoms with Crippen LogP contribution in [0.15, 0.2) is 72.8 Å². The lowest BCUT2D eigenvalue weighted by atomic mass is 9.95. The molecule has 1 heteroatoms. The lowest BCUT2D eigenvalue weighted by Gasteiger charge is -2.10. The van der Waals surface area contributed by atoms with Crippen molar-refractivity contribution < 1.29 is 0 Å². The van der Waals surface area contributed by atoms with Gasteiger partial charge in [-0.1, -0.05) is 60.7 Å². The smallest absolute Gasteiger partial charge is 0.0705 e. The molecule has 3 aromatic carbocycles. The van der Waals surface area contributed by atoms with Crippen LogP contribution in [0.4, 0.5) is 0 Å². The van der Waals surface area contributed by atoms with E-state index in [4.69, 9.17) is 4.98 Å². The fraction of sp³-hybridized carbons (Fsp3) is 0.136. The van der Waals surface area contributed by atoms with Gasteiger partial charge in [-0.05, 0) is 53.8 Å². The van der Waals surface area contributed by atoms with Crippen LogP contribution >= 0.6 is 0 Å². The van der Waals surface area contributed by atoms with Crippen LogP contribution in [0.3, 0.4) is 0 Å². The van der Waals surface area contributed by atoms with Crippen molar-refractivity contribution in [1.82, 2.24) is 4.98 Å². The molecule has 1 aromatic heterocycles. The maximum Gasteiger partial charge on any atom is 0.0705 e. The Labute approximate surface area is 136 Å². The first-order valence-corrected chi connectivity index (χ1v) is 8.13. The Morgan fingerprint density at radius 1 is 0.696 bits per heavy atom. The Morgan fingerprint density at radius 3 is 2.35 bits per heavy atom. The van der Waals surface area contributed by atoms with Crippen molar-refractivity contribution in [3.05, 3.63) is 89.6 Å². The number of aryl methyl sites for hydroxylation is 3. The molecule has 112 valence electrons. The van der Waals surface area contributed by atoms with Gasteiger partial charge in [0.1, 0.15) is 0 Å². The van der Waals surface area contributed by atoms with Crippen LogP contribution < -0.4 is 0 Å². The summed E-state index contributed by atoms with van der Waals surface area (Å²) in [7, 11) is 0. The summed E-state index contributed by atoms with van der Waals surface area (Å²) >= 11 is 0. The minimum Gasteiger partial charge on any atom is -0.253 e. The van der Waals surface area contributed by atoms with Gasteiger partial charge in [0.15, 0.2) is 0 Å². The molecule has 0 aliphatic heterocycles. The Balaban J connectivity index is 1.66. The van der Waals surface area contributed by atoms with E-state index in [1.807, 2.05) is 6.07 Å². The summed E-state index contributed by atoms with van der Waals surface area (Å²) in [4.78, 5) is 4.80. The van der Waals surface area contributed by atoms with E-state index >= 15 is 0 Å². The Kier molecular flexibility index (Phi) is 3.55. The van der Waals surface area contributed by atoms with Crippen LogP contribution in [-0.4, -0.2) is 4.98 Å². The summed E-state index contributed by atoms with van der Waals surface area (Å²) in [5.41, 5.74) is 5.05. The van der Waals surface area contributed by atoms with E-state index < -0.39 is 0 Å². The highest BCUT2D eigenvalue weighted by molar-refractivity contribution is 5.86. The van der Waals surface area contributed by atoms with E-state index in [1.54, 1.807) is 0 Å². The average molecular weight is 297 g/mol. The SMILES string of the molecule is Cc1ccc2ccccc2c1CCc1ccc2ccccc2n1. The molecule has 0 fully saturated rings. The van der Waals surface area contributed by atoms with E-state index in [0.29, 0.717) is 0 Å². The third-order valence-electron chi connectivity index (χ3n) is 4.56. The predicted molar refractivity (Wildman–Crippen MR) is 97.8 cm³/mol. The normalized spacial score (nSPS) is 11.2. The molecule has 0 spiro atoms. The van der Waals surface area contributed by atoms with Crippen LogP contribution in [0, 0.1) is 6.92 Å². The number of rotatable bonds is 3. The lowest BCUT2D eigenvalue weighted by molar-refractivity contribution is 0.922. The van der Waals surface area contributed by atoms with Crippen LogP contribution in [0.5, 0.6) is 0 Å². The second-order valence-electron chi connectivity index (χ2n) is 6.08. The Morgan fingerprint density at radius 2 is 1.43 bits per heavy atom. The molecule has 0 aliphatic rings. The first-order valence-electron chi connectivity index (χ1n) is 8.13. The van der Waals surface area contributed by atoms with Gasteiger partial charge in [0.2, 0.25) is 0 Å². The summed E-state index contributed by atoms with van der Waals surface area (Å²) < 4.78 is 0. The highest BCUT2D eigenvalue weighted by atomic mass is 14.7.